The smallest absolute Gasteiger partial charge is 0.140 e. The number of aliphatic hydroxyl groups is 1. The molecule has 0 aromatic carbocycles. The first-order valence-electron chi connectivity index (χ1n) is 5.81. The Kier molecular flexibility index (Phi) is 4.08. The first-order chi connectivity index (χ1) is 8.63. The molecule has 96 valence electrons. The highest BCUT2D eigenvalue weighted by molar-refractivity contribution is 9.10. The summed E-state index contributed by atoms with van der Waals surface area (Å²) in [6.45, 7) is 4.69. The minimum atomic E-state index is -0.818. The van der Waals surface area contributed by atoms with Gasteiger partial charge in [-0.1, -0.05) is 6.92 Å². The molecule has 2 heterocycles. The van der Waals surface area contributed by atoms with Crippen molar-refractivity contribution in [1.82, 2.24) is 19.7 Å². The average Bonchev–Trinajstić information content (AvgIpc) is 2.71. The molecule has 0 aliphatic carbocycles. The molecule has 0 amide bonds. The van der Waals surface area contributed by atoms with Crippen molar-refractivity contribution in [2.45, 2.75) is 32.9 Å². The zero-order valence-electron chi connectivity index (χ0n) is 10.3. The van der Waals surface area contributed by atoms with E-state index in [-0.39, 0.29) is 0 Å². The van der Waals surface area contributed by atoms with E-state index in [0.717, 1.165) is 28.8 Å². The summed E-state index contributed by atoms with van der Waals surface area (Å²) in [5.74, 6) is 0. The van der Waals surface area contributed by atoms with Crippen molar-refractivity contribution < 1.29 is 5.11 Å². The normalized spacial score (nSPS) is 12.7. The summed E-state index contributed by atoms with van der Waals surface area (Å²) in [6.07, 6.45) is 5.06. The molecular weight excluding hydrogens is 296 g/mol. The fraction of sp³-hybridized carbons (Fsp3) is 0.417. The van der Waals surface area contributed by atoms with Gasteiger partial charge < -0.3 is 5.11 Å². The third kappa shape index (κ3) is 2.59. The second kappa shape index (κ2) is 5.58. The maximum Gasteiger partial charge on any atom is 0.140 e. The molecule has 2 rings (SSSR count). The van der Waals surface area contributed by atoms with Crippen molar-refractivity contribution in [3.8, 4) is 0 Å². The number of nitrogens with zero attached hydrogens (tertiary/aromatic N) is 4. The predicted octanol–water partition coefficient (Wildman–Crippen LogP) is 2.24. The molecule has 0 aliphatic heterocycles. The lowest BCUT2D eigenvalue weighted by Gasteiger charge is -2.13. The third-order valence-electron chi connectivity index (χ3n) is 2.61. The van der Waals surface area contributed by atoms with Crippen LogP contribution in [0.4, 0.5) is 0 Å². The Balaban J connectivity index is 2.35. The first kappa shape index (κ1) is 13.2. The van der Waals surface area contributed by atoms with E-state index in [1.54, 1.807) is 23.3 Å². The number of hydrogen-bond acceptors (Lipinski definition) is 4. The van der Waals surface area contributed by atoms with E-state index in [2.05, 4.69) is 37.9 Å². The molecule has 0 radical (unpaired) electrons. The van der Waals surface area contributed by atoms with Gasteiger partial charge in [0, 0.05) is 12.7 Å². The van der Waals surface area contributed by atoms with Crippen LogP contribution in [0.2, 0.25) is 0 Å². The highest BCUT2D eigenvalue weighted by Gasteiger charge is 2.20. The zero-order chi connectivity index (χ0) is 13.1. The van der Waals surface area contributed by atoms with Crippen LogP contribution in [0.5, 0.6) is 0 Å². The first-order valence-corrected chi connectivity index (χ1v) is 6.60. The number of hydrogen-bond donors (Lipinski definition) is 1. The van der Waals surface area contributed by atoms with Gasteiger partial charge in [0.15, 0.2) is 0 Å². The summed E-state index contributed by atoms with van der Waals surface area (Å²) in [6, 6.07) is 0. The molecule has 0 bridgehead atoms. The molecule has 0 aliphatic rings. The largest absolute Gasteiger partial charge is 0.380 e. The number of halogens is 1. The van der Waals surface area contributed by atoms with Crippen molar-refractivity contribution in [2.75, 3.05) is 0 Å². The van der Waals surface area contributed by atoms with Gasteiger partial charge >= 0.3 is 0 Å². The lowest BCUT2D eigenvalue weighted by molar-refractivity contribution is 0.201. The van der Waals surface area contributed by atoms with E-state index in [1.807, 2.05) is 6.92 Å². The summed E-state index contributed by atoms with van der Waals surface area (Å²) in [5.41, 5.74) is 2.07. The molecule has 0 spiro atoms. The minimum Gasteiger partial charge on any atom is -0.380 e. The van der Waals surface area contributed by atoms with Crippen molar-refractivity contribution >= 4 is 15.9 Å². The lowest BCUT2D eigenvalue weighted by atomic mass is 10.2. The van der Waals surface area contributed by atoms with E-state index in [9.17, 15) is 5.11 Å². The maximum atomic E-state index is 10.4. The van der Waals surface area contributed by atoms with Crippen LogP contribution in [0.3, 0.4) is 0 Å². The Bertz CT molecular complexity index is 523. The van der Waals surface area contributed by atoms with E-state index < -0.39 is 6.10 Å². The molecule has 1 N–H and O–H groups in total. The topological polar surface area (TPSA) is 63.8 Å². The molecular formula is C12H15BrN4O. The Morgan fingerprint density at radius 3 is 2.72 bits per heavy atom. The quantitative estimate of drug-likeness (QED) is 0.940. The Hall–Kier alpha value is -1.27. The van der Waals surface area contributed by atoms with Gasteiger partial charge in [0.25, 0.3) is 0 Å². The highest BCUT2D eigenvalue weighted by Crippen LogP contribution is 2.27. The maximum absolute atomic E-state index is 10.4. The Morgan fingerprint density at radius 1 is 1.33 bits per heavy atom. The van der Waals surface area contributed by atoms with Crippen LogP contribution in [-0.4, -0.2) is 24.9 Å². The molecule has 0 saturated heterocycles. The SMILES string of the molecule is CCCn1ncc(Br)c1C(O)c1cnc(C)cn1. The van der Waals surface area contributed by atoms with Gasteiger partial charge in [0.1, 0.15) is 6.10 Å². The predicted molar refractivity (Wildman–Crippen MR) is 71.0 cm³/mol. The van der Waals surface area contributed by atoms with Crippen LogP contribution in [-0.2, 0) is 6.54 Å². The van der Waals surface area contributed by atoms with E-state index >= 15 is 0 Å². The lowest BCUT2D eigenvalue weighted by Crippen LogP contribution is -2.12. The molecule has 6 heteroatoms. The molecule has 2 aromatic heterocycles. The fourth-order valence-corrected chi connectivity index (χ4v) is 2.23. The summed E-state index contributed by atoms with van der Waals surface area (Å²) >= 11 is 3.41. The molecule has 2 aromatic rings. The number of aliphatic hydroxyl groups excluding tert-OH is 1. The zero-order valence-corrected chi connectivity index (χ0v) is 11.9. The summed E-state index contributed by atoms with van der Waals surface area (Å²) in [5, 5.41) is 14.6. The van der Waals surface area contributed by atoms with E-state index in [1.165, 1.54) is 0 Å². The van der Waals surface area contributed by atoms with Crippen molar-refractivity contribution in [3.05, 3.63) is 40.1 Å². The van der Waals surface area contributed by atoms with Crippen molar-refractivity contribution in [3.63, 3.8) is 0 Å². The van der Waals surface area contributed by atoms with Crippen molar-refractivity contribution in [1.29, 1.82) is 0 Å². The molecule has 0 saturated carbocycles. The van der Waals surface area contributed by atoms with Gasteiger partial charge in [-0.25, -0.2) is 0 Å². The van der Waals surface area contributed by atoms with Crippen LogP contribution >= 0.6 is 15.9 Å². The van der Waals surface area contributed by atoms with Crippen LogP contribution < -0.4 is 0 Å². The number of aromatic nitrogens is 4. The van der Waals surface area contributed by atoms with Gasteiger partial charge in [0.2, 0.25) is 0 Å². The summed E-state index contributed by atoms with van der Waals surface area (Å²) in [4.78, 5) is 8.35. The second-order valence-electron chi connectivity index (χ2n) is 4.09. The molecule has 5 nitrogen and oxygen atoms in total. The Labute approximate surface area is 114 Å². The molecule has 0 fully saturated rings. The Morgan fingerprint density at radius 2 is 2.11 bits per heavy atom. The van der Waals surface area contributed by atoms with Gasteiger partial charge in [-0.15, -0.1) is 0 Å². The van der Waals surface area contributed by atoms with Gasteiger partial charge in [-0.2, -0.15) is 5.10 Å². The van der Waals surface area contributed by atoms with Gasteiger partial charge in [0.05, 0.1) is 33.9 Å². The number of rotatable bonds is 4. The fourth-order valence-electron chi connectivity index (χ4n) is 1.72. The summed E-state index contributed by atoms with van der Waals surface area (Å²) < 4.78 is 2.57. The number of aryl methyl sites for hydroxylation is 2. The molecule has 18 heavy (non-hydrogen) atoms. The second-order valence-corrected chi connectivity index (χ2v) is 4.94. The van der Waals surface area contributed by atoms with Crippen LogP contribution in [0, 0.1) is 6.92 Å². The average molecular weight is 311 g/mol. The summed E-state index contributed by atoms with van der Waals surface area (Å²) in [7, 11) is 0. The van der Waals surface area contributed by atoms with Gasteiger partial charge in [-0.3, -0.25) is 14.6 Å². The van der Waals surface area contributed by atoms with E-state index in [4.69, 9.17) is 0 Å². The van der Waals surface area contributed by atoms with Crippen molar-refractivity contribution in [2.24, 2.45) is 0 Å². The van der Waals surface area contributed by atoms with Crippen LogP contribution in [0.25, 0.3) is 0 Å². The van der Waals surface area contributed by atoms with Crippen LogP contribution in [0.15, 0.2) is 23.1 Å². The third-order valence-corrected chi connectivity index (χ3v) is 3.22. The van der Waals surface area contributed by atoms with Gasteiger partial charge in [-0.05, 0) is 29.3 Å². The van der Waals surface area contributed by atoms with E-state index in [0.29, 0.717) is 5.69 Å². The molecule has 1 atom stereocenters. The highest BCUT2D eigenvalue weighted by atomic mass is 79.9. The van der Waals surface area contributed by atoms with Crippen LogP contribution in [0.1, 0.15) is 36.5 Å². The standard InChI is InChI=1S/C12H15BrN4O/c1-3-4-17-11(9(13)6-16-17)12(18)10-7-14-8(2)5-15-10/h5-7,12,18H,3-4H2,1-2H3. The molecule has 1 unspecified atom stereocenters. The monoisotopic (exact) mass is 310 g/mol. The minimum absolute atomic E-state index is 0.527.